The summed E-state index contributed by atoms with van der Waals surface area (Å²) in [5.41, 5.74) is 3.40. The van der Waals surface area contributed by atoms with Gasteiger partial charge in [-0.15, -0.1) is 0 Å². The summed E-state index contributed by atoms with van der Waals surface area (Å²) in [6.07, 6.45) is 1.72. The topological polar surface area (TPSA) is 201 Å². The van der Waals surface area contributed by atoms with Crippen LogP contribution in [0.1, 0.15) is 11.4 Å². The van der Waals surface area contributed by atoms with Crippen LogP contribution < -0.4 is 5.73 Å². The molecule has 0 atom stereocenters. The van der Waals surface area contributed by atoms with Gasteiger partial charge in [0.2, 0.25) is 0 Å². The van der Waals surface area contributed by atoms with Crippen molar-refractivity contribution < 1.29 is 19.9 Å². The van der Waals surface area contributed by atoms with Crippen molar-refractivity contribution in [1.29, 1.82) is 0 Å². The zero-order chi connectivity index (χ0) is 19.3. The molecule has 13 nitrogen and oxygen atoms in total. The van der Waals surface area contributed by atoms with Crippen LogP contribution in [0.15, 0.2) is 18.3 Å². The quantitative estimate of drug-likeness (QED) is 0.605. The van der Waals surface area contributed by atoms with E-state index in [0.717, 1.165) is 11.4 Å². The highest BCUT2D eigenvalue weighted by Crippen LogP contribution is 2.38. The van der Waals surface area contributed by atoms with Gasteiger partial charge in [0.15, 0.2) is 0 Å². The SMILES string of the molecule is Cc1ncc(C)c(N)n1.O=[N+]([O-])c1cc([N+](=O)[O-])c(O)c([N+](=O)[O-])c1. The van der Waals surface area contributed by atoms with Gasteiger partial charge in [-0.25, -0.2) is 9.97 Å². The molecule has 1 heterocycles. The highest BCUT2D eigenvalue weighted by Gasteiger charge is 2.30. The first-order chi connectivity index (χ1) is 11.5. The Hall–Kier alpha value is -3.90. The molecule has 2 aromatic rings. The number of nitrogens with zero attached hydrogens (tertiary/aromatic N) is 5. The first-order valence-electron chi connectivity index (χ1n) is 6.40. The van der Waals surface area contributed by atoms with Crippen LogP contribution in [0.4, 0.5) is 22.9 Å². The van der Waals surface area contributed by atoms with Crippen molar-refractivity contribution in [2.45, 2.75) is 13.8 Å². The van der Waals surface area contributed by atoms with E-state index in [1.807, 2.05) is 13.8 Å². The number of nitro benzene ring substituents is 3. The van der Waals surface area contributed by atoms with Crippen LogP contribution in [0.25, 0.3) is 0 Å². The normalized spacial score (nSPS) is 9.68. The first kappa shape index (κ1) is 19.1. The fourth-order valence-corrected chi connectivity index (χ4v) is 1.52. The number of benzene rings is 1. The predicted molar refractivity (Wildman–Crippen MR) is 84.0 cm³/mol. The molecule has 0 saturated heterocycles. The maximum atomic E-state index is 10.4. The third-order valence-corrected chi connectivity index (χ3v) is 2.79. The van der Waals surface area contributed by atoms with E-state index in [0.29, 0.717) is 18.0 Å². The van der Waals surface area contributed by atoms with Crippen LogP contribution >= 0.6 is 0 Å². The van der Waals surface area contributed by atoms with Crippen LogP contribution in [-0.4, -0.2) is 29.8 Å². The molecule has 0 aliphatic carbocycles. The van der Waals surface area contributed by atoms with Crippen LogP contribution in [0.2, 0.25) is 0 Å². The summed E-state index contributed by atoms with van der Waals surface area (Å²) >= 11 is 0. The number of aromatic nitrogens is 2. The minimum absolute atomic E-state index is 0.447. The van der Waals surface area contributed by atoms with Gasteiger partial charge in [0.25, 0.3) is 11.4 Å². The third kappa shape index (κ3) is 4.78. The molecule has 0 fully saturated rings. The number of hydrogen-bond donors (Lipinski definition) is 2. The van der Waals surface area contributed by atoms with Gasteiger partial charge >= 0.3 is 11.4 Å². The van der Waals surface area contributed by atoms with Gasteiger partial charge in [0.05, 0.1) is 26.9 Å². The Labute approximate surface area is 139 Å². The summed E-state index contributed by atoms with van der Waals surface area (Å²) in [6.45, 7) is 3.70. The molecule has 0 unspecified atom stereocenters. The predicted octanol–water partition coefficient (Wildman–Crippen LogP) is 1.79. The van der Waals surface area contributed by atoms with Crippen molar-refractivity contribution in [2.75, 3.05) is 5.73 Å². The number of non-ortho nitro benzene ring substituents is 1. The lowest BCUT2D eigenvalue weighted by Gasteiger charge is -1.97. The van der Waals surface area contributed by atoms with Gasteiger partial charge in [-0.05, 0) is 13.8 Å². The zero-order valence-corrected chi connectivity index (χ0v) is 12.9. The standard InChI is InChI=1S/C6H3N3O7.C6H9N3/c10-6-4(8(13)14)1-3(7(11)12)2-5(6)9(15)16;1-4-3-8-5(2)9-6(4)7/h1-2,10H;3H,1-2H3,(H2,7,8,9). The molecule has 132 valence electrons. The highest BCUT2D eigenvalue weighted by atomic mass is 16.6. The van der Waals surface area contributed by atoms with Crippen molar-refractivity contribution >= 4 is 22.9 Å². The minimum atomic E-state index is -1.21. The average molecular weight is 352 g/mol. The molecular formula is C12H12N6O7. The molecular weight excluding hydrogens is 340 g/mol. The van der Waals surface area contributed by atoms with Gasteiger partial charge < -0.3 is 10.8 Å². The van der Waals surface area contributed by atoms with Crippen molar-refractivity contribution in [1.82, 2.24) is 9.97 Å². The molecule has 0 spiro atoms. The molecule has 0 amide bonds. The molecule has 3 N–H and O–H groups in total. The van der Waals surface area contributed by atoms with Crippen LogP contribution in [-0.2, 0) is 0 Å². The Morgan fingerprint density at radius 1 is 1.00 bits per heavy atom. The summed E-state index contributed by atoms with van der Waals surface area (Å²) in [7, 11) is 0. The number of phenolic OH excluding ortho intramolecular Hbond substituents is 1. The molecule has 25 heavy (non-hydrogen) atoms. The van der Waals surface area contributed by atoms with Gasteiger partial charge in [0, 0.05) is 11.8 Å². The summed E-state index contributed by atoms with van der Waals surface area (Å²) in [5.74, 6) is 0.0844. The Bertz CT molecular complexity index is 819. The average Bonchev–Trinajstić information content (AvgIpc) is 2.51. The van der Waals surface area contributed by atoms with Gasteiger partial charge in [-0.2, -0.15) is 0 Å². The molecule has 0 aliphatic heterocycles. The van der Waals surface area contributed by atoms with E-state index in [-0.39, 0.29) is 0 Å². The summed E-state index contributed by atoms with van der Waals surface area (Å²) < 4.78 is 0. The lowest BCUT2D eigenvalue weighted by atomic mass is 10.2. The molecule has 1 aromatic heterocycles. The Balaban J connectivity index is 0.000000293. The van der Waals surface area contributed by atoms with Crippen molar-refractivity contribution in [2.24, 2.45) is 0 Å². The monoisotopic (exact) mass is 352 g/mol. The van der Waals surface area contributed by atoms with E-state index in [1.54, 1.807) is 6.20 Å². The van der Waals surface area contributed by atoms with Crippen LogP contribution in [0.5, 0.6) is 5.75 Å². The number of nitrogens with two attached hydrogens (primary N) is 1. The van der Waals surface area contributed by atoms with E-state index in [4.69, 9.17) is 10.8 Å². The van der Waals surface area contributed by atoms with Gasteiger partial charge in [-0.3, -0.25) is 30.3 Å². The Morgan fingerprint density at radius 2 is 1.48 bits per heavy atom. The number of hydrogen-bond acceptors (Lipinski definition) is 10. The molecule has 0 radical (unpaired) electrons. The van der Waals surface area contributed by atoms with Crippen LogP contribution in [0, 0.1) is 44.2 Å². The number of phenols is 1. The number of aromatic hydroxyl groups is 1. The molecule has 0 saturated carbocycles. The summed E-state index contributed by atoms with van der Waals surface area (Å²) in [6, 6.07) is 0.894. The summed E-state index contributed by atoms with van der Waals surface area (Å²) in [5, 5.41) is 40.2. The van der Waals surface area contributed by atoms with Crippen molar-refractivity contribution in [3.05, 3.63) is 60.1 Å². The van der Waals surface area contributed by atoms with Crippen molar-refractivity contribution in [3.63, 3.8) is 0 Å². The van der Waals surface area contributed by atoms with E-state index < -0.39 is 37.6 Å². The van der Waals surface area contributed by atoms with E-state index >= 15 is 0 Å². The maximum Gasteiger partial charge on any atom is 0.324 e. The second-order valence-electron chi connectivity index (χ2n) is 4.59. The molecule has 1 aromatic carbocycles. The highest BCUT2D eigenvalue weighted by molar-refractivity contribution is 5.64. The first-order valence-corrected chi connectivity index (χ1v) is 6.40. The molecule has 2 rings (SSSR count). The Kier molecular flexibility index (Phi) is 5.81. The molecule has 0 bridgehead atoms. The van der Waals surface area contributed by atoms with Gasteiger partial charge in [-0.1, -0.05) is 0 Å². The fourth-order valence-electron chi connectivity index (χ4n) is 1.52. The smallest absolute Gasteiger partial charge is 0.324 e. The number of nitro groups is 3. The minimum Gasteiger partial charge on any atom is -0.497 e. The van der Waals surface area contributed by atoms with E-state index in [1.165, 1.54) is 0 Å². The second kappa shape index (κ2) is 7.58. The largest absolute Gasteiger partial charge is 0.497 e. The maximum absolute atomic E-state index is 10.4. The summed E-state index contributed by atoms with van der Waals surface area (Å²) in [4.78, 5) is 35.7. The van der Waals surface area contributed by atoms with Crippen molar-refractivity contribution in [3.8, 4) is 5.75 Å². The van der Waals surface area contributed by atoms with Gasteiger partial charge in [0.1, 0.15) is 11.6 Å². The second-order valence-corrected chi connectivity index (χ2v) is 4.59. The molecule has 13 heteroatoms. The number of aryl methyl sites for hydroxylation is 2. The zero-order valence-electron chi connectivity index (χ0n) is 12.9. The number of anilines is 1. The number of nitrogen functional groups attached to an aromatic ring is 1. The fraction of sp³-hybridized carbons (Fsp3) is 0.167. The van der Waals surface area contributed by atoms with E-state index in [9.17, 15) is 30.3 Å². The van der Waals surface area contributed by atoms with E-state index in [2.05, 4.69) is 9.97 Å². The van der Waals surface area contributed by atoms with Crippen LogP contribution in [0.3, 0.4) is 0 Å². The lowest BCUT2D eigenvalue weighted by molar-refractivity contribution is -0.404. The third-order valence-electron chi connectivity index (χ3n) is 2.79. The molecule has 0 aliphatic rings. The lowest BCUT2D eigenvalue weighted by Crippen LogP contribution is -1.97. The number of rotatable bonds is 3. The Morgan fingerprint density at radius 3 is 1.80 bits per heavy atom.